The second kappa shape index (κ2) is 7.86. The van der Waals surface area contributed by atoms with Crippen LogP contribution in [0.25, 0.3) is 0 Å². The van der Waals surface area contributed by atoms with Gasteiger partial charge in [0.15, 0.2) is 0 Å². The first-order valence-electron chi connectivity index (χ1n) is 9.34. The zero-order valence-corrected chi connectivity index (χ0v) is 15.0. The van der Waals surface area contributed by atoms with Crippen LogP contribution in [0, 0.1) is 5.92 Å². The Labute approximate surface area is 153 Å². The number of furan rings is 1. The highest BCUT2D eigenvalue weighted by molar-refractivity contribution is 5.79. The lowest BCUT2D eigenvalue weighted by Crippen LogP contribution is -2.52. The molecule has 7 nitrogen and oxygen atoms in total. The Morgan fingerprint density at radius 1 is 1.19 bits per heavy atom. The first-order chi connectivity index (χ1) is 12.8. The number of carbonyl (C=O) groups is 1. The lowest BCUT2D eigenvalue weighted by Gasteiger charge is -2.39. The molecule has 2 saturated heterocycles. The Morgan fingerprint density at radius 3 is 2.81 bits per heavy atom. The number of hydrogen-bond donors (Lipinski definition) is 0. The summed E-state index contributed by atoms with van der Waals surface area (Å²) in [7, 11) is 0. The van der Waals surface area contributed by atoms with Gasteiger partial charge >= 0.3 is 0 Å². The van der Waals surface area contributed by atoms with Gasteiger partial charge in [-0.05, 0) is 31.5 Å². The smallest absolute Gasteiger partial charge is 0.227 e. The summed E-state index contributed by atoms with van der Waals surface area (Å²) in [5.74, 6) is 2.26. The van der Waals surface area contributed by atoms with Crippen LogP contribution in [0.15, 0.2) is 41.4 Å². The molecule has 0 unspecified atom stereocenters. The van der Waals surface area contributed by atoms with Crippen molar-refractivity contribution in [3.8, 4) is 0 Å². The van der Waals surface area contributed by atoms with Crippen LogP contribution in [0.3, 0.4) is 0 Å². The fourth-order valence-corrected chi connectivity index (χ4v) is 3.89. The maximum atomic E-state index is 13.0. The summed E-state index contributed by atoms with van der Waals surface area (Å²) in [5, 5.41) is 0. The lowest BCUT2D eigenvalue weighted by molar-refractivity contribution is -0.137. The van der Waals surface area contributed by atoms with Crippen molar-refractivity contribution in [2.45, 2.75) is 19.4 Å². The zero-order chi connectivity index (χ0) is 17.8. The molecule has 4 rings (SSSR count). The molecule has 2 aliphatic heterocycles. The average molecular weight is 355 g/mol. The van der Waals surface area contributed by atoms with Crippen LogP contribution >= 0.6 is 0 Å². The number of rotatable bonds is 4. The molecule has 2 aromatic rings. The molecule has 4 heterocycles. The minimum atomic E-state index is 0.0989. The first kappa shape index (κ1) is 17.0. The van der Waals surface area contributed by atoms with Gasteiger partial charge in [-0.1, -0.05) is 0 Å². The molecular weight excluding hydrogens is 330 g/mol. The molecule has 0 aromatic carbocycles. The van der Waals surface area contributed by atoms with Crippen LogP contribution in [-0.2, 0) is 11.3 Å². The third kappa shape index (κ3) is 3.88. The number of anilines is 1. The van der Waals surface area contributed by atoms with E-state index in [1.165, 1.54) is 0 Å². The quantitative estimate of drug-likeness (QED) is 0.831. The number of hydrogen-bond acceptors (Lipinski definition) is 6. The van der Waals surface area contributed by atoms with Crippen LogP contribution in [0.2, 0.25) is 0 Å². The molecule has 0 aliphatic carbocycles. The van der Waals surface area contributed by atoms with Gasteiger partial charge in [-0.25, -0.2) is 4.98 Å². The second-order valence-corrected chi connectivity index (χ2v) is 7.03. The molecule has 1 amide bonds. The van der Waals surface area contributed by atoms with Gasteiger partial charge < -0.3 is 14.2 Å². The van der Waals surface area contributed by atoms with E-state index < -0.39 is 0 Å². The van der Waals surface area contributed by atoms with Gasteiger partial charge in [-0.3, -0.25) is 14.7 Å². The number of piperazine rings is 1. The fourth-order valence-electron chi connectivity index (χ4n) is 3.89. The standard InChI is InChI=1S/C19H25N5O2/c25-19(16-3-1-7-22(14-16)15-17-4-2-12-26-17)24-10-8-23(9-11-24)18-13-20-5-6-21-18/h2,4-6,12-13,16H,1,3,7-11,14-15H2/t16-/m1/s1. The number of piperidine rings is 1. The van der Waals surface area contributed by atoms with Crippen molar-refractivity contribution >= 4 is 11.7 Å². The molecule has 0 spiro atoms. The molecular formula is C19H25N5O2. The highest BCUT2D eigenvalue weighted by atomic mass is 16.3. The molecule has 2 fully saturated rings. The summed E-state index contributed by atoms with van der Waals surface area (Å²) < 4.78 is 5.45. The van der Waals surface area contributed by atoms with Crippen LogP contribution in [0.1, 0.15) is 18.6 Å². The normalized spacial score (nSPS) is 21.8. The predicted molar refractivity (Wildman–Crippen MR) is 97.5 cm³/mol. The van der Waals surface area contributed by atoms with E-state index in [1.807, 2.05) is 17.0 Å². The summed E-state index contributed by atoms with van der Waals surface area (Å²) in [5.41, 5.74) is 0. The van der Waals surface area contributed by atoms with Gasteiger partial charge in [0, 0.05) is 45.1 Å². The highest BCUT2D eigenvalue weighted by Crippen LogP contribution is 2.22. The van der Waals surface area contributed by atoms with Gasteiger partial charge in [0.05, 0.1) is 24.9 Å². The summed E-state index contributed by atoms with van der Waals surface area (Å²) in [6.45, 7) is 5.78. The van der Waals surface area contributed by atoms with Crippen LogP contribution < -0.4 is 4.90 Å². The largest absolute Gasteiger partial charge is 0.468 e. The Kier molecular flexibility index (Phi) is 5.15. The van der Waals surface area contributed by atoms with Gasteiger partial charge in [0.1, 0.15) is 11.6 Å². The zero-order valence-electron chi connectivity index (χ0n) is 15.0. The van der Waals surface area contributed by atoms with Crippen molar-refractivity contribution in [1.29, 1.82) is 0 Å². The molecule has 7 heteroatoms. The van der Waals surface area contributed by atoms with E-state index in [0.717, 1.165) is 70.2 Å². The molecule has 0 saturated carbocycles. The number of aromatic nitrogens is 2. The van der Waals surface area contributed by atoms with E-state index in [2.05, 4.69) is 19.8 Å². The van der Waals surface area contributed by atoms with E-state index >= 15 is 0 Å². The maximum Gasteiger partial charge on any atom is 0.227 e. The summed E-state index contributed by atoms with van der Waals surface area (Å²) in [4.78, 5) is 28.0. The van der Waals surface area contributed by atoms with Crippen LogP contribution in [0.4, 0.5) is 5.82 Å². The summed E-state index contributed by atoms with van der Waals surface area (Å²) >= 11 is 0. The Morgan fingerprint density at radius 2 is 2.08 bits per heavy atom. The Bertz CT molecular complexity index is 698. The minimum absolute atomic E-state index is 0.0989. The van der Waals surface area contributed by atoms with Crippen molar-refractivity contribution < 1.29 is 9.21 Å². The predicted octanol–water partition coefficient (Wildman–Crippen LogP) is 1.63. The van der Waals surface area contributed by atoms with Gasteiger partial charge in [0.2, 0.25) is 5.91 Å². The molecule has 0 N–H and O–H groups in total. The SMILES string of the molecule is O=C([C@@H]1CCCN(Cc2ccco2)C1)N1CCN(c2cnccn2)CC1. The fraction of sp³-hybridized carbons (Fsp3) is 0.526. The lowest BCUT2D eigenvalue weighted by atomic mass is 9.96. The Hall–Kier alpha value is -2.41. The number of carbonyl (C=O) groups excluding carboxylic acids is 1. The number of nitrogens with zero attached hydrogens (tertiary/aromatic N) is 5. The molecule has 0 radical (unpaired) electrons. The van der Waals surface area contributed by atoms with Crippen molar-refractivity contribution in [2.75, 3.05) is 44.2 Å². The molecule has 26 heavy (non-hydrogen) atoms. The molecule has 2 aromatic heterocycles. The van der Waals surface area contributed by atoms with Gasteiger partial charge in [-0.2, -0.15) is 0 Å². The van der Waals surface area contributed by atoms with Crippen LogP contribution in [0.5, 0.6) is 0 Å². The Balaban J connectivity index is 1.30. The first-order valence-corrected chi connectivity index (χ1v) is 9.34. The second-order valence-electron chi connectivity index (χ2n) is 7.03. The third-order valence-corrected chi connectivity index (χ3v) is 5.28. The van der Waals surface area contributed by atoms with Crippen LogP contribution in [-0.4, -0.2) is 64.9 Å². The van der Waals surface area contributed by atoms with Crippen molar-refractivity contribution in [2.24, 2.45) is 5.92 Å². The van der Waals surface area contributed by atoms with Gasteiger partial charge in [-0.15, -0.1) is 0 Å². The minimum Gasteiger partial charge on any atom is -0.468 e. The third-order valence-electron chi connectivity index (χ3n) is 5.28. The van der Waals surface area contributed by atoms with E-state index in [-0.39, 0.29) is 5.92 Å². The molecule has 1 atom stereocenters. The average Bonchev–Trinajstić information content (AvgIpc) is 3.21. The van der Waals surface area contributed by atoms with Crippen molar-refractivity contribution in [3.63, 3.8) is 0 Å². The molecule has 2 aliphatic rings. The van der Waals surface area contributed by atoms with E-state index in [4.69, 9.17) is 4.42 Å². The van der Waals surface area contributed by atoms with E-state index in [0.29, 0.717) is 5.91 Å². The number of likely N-dealkylation sites (tertiary alicyclic amines) is 1. The monoisotopic (exact) mass is 355 g/mol. The number of amides is 1. The van der Waals surface area contributed by atoms with E-state index in [9.17, 15) is 4.79 Å². The topological polar surface area (TPSA) is 65.7 Å². The van der Waals surface area contributed by atoms with Crippen molar-refractivity contribution in [3.05, 3.63) is 42.7 Å². The summed E-state index contributed by atoms with van der Waals surface area (Å²) in [6, 6.07) is 3.91. The molecule has 0 bridgehead atoms. The van der Waals surface area contributed by atoms with Crippen molar-refractivity contribution in [1.82, 2.24) is 19.8 Å². The summed E-state index contributed by atoms with van der Waals surface area (Å²) in [6.07, 6.45) is 8.93. The van der Waals surface area contributed by atoms with Gasteiger partial charge in [0.25, 0.3) is 0 Å². The maximum absolute atomic E-state index is 13.0. The molecule has 138 valence electrons. The van der Waals surface area contributed by atoms with E-state index in [1.54, 1.807) is 24.9 Å². The highest BCUT2D eigenvalue weighted by Gasteiger charge is 2.31.